The Bertz CT molecular complexity index is 1410. The van der Waals surface area contributed by atoms with Crippen LogP contribution in [-0.4, -0.2) is 87.6 Å². The SMILES string of the molecule is CCOC(=O)N1CCN(C(=O)[C@H](CCC(=O)O)NC(=O)c2cc(-c3cccc(C)c3)nc(-c3ccccc3)n2)CC1. The number of rotatable bonds is 9. The molecule has 1 saturated heterocycles. The van der Waals surface area contributed by atoms with E-state index in [1.807, 2.05) is 61.5 Å². The number of hydrogen-bond acceptors (Lipinski definition) is 7. The maximum Gasteiger partial charge on any atom is 0.409 e. The summed E-state index contributed by atoms with van der Waals surface area (Å²) in [6.45, 7) is 4.95. The van der Waals surface area contributed by atoms with Crippen molar-refractivity contribution in [3.05, 3.63) is 71.9 Å². The van der Waals surface area contributed by atoms with Gasteiger partial charge in [0.1, 0.15) is 11.7 Å². The van der Waals surface area contributed by atoms with Crippen molar-refractivity contribution in [2.45, 2.75) is 32.7 Å². The number of nitrogens with zero attached hydrogens (tertiary/aromatic N) is 4. The number of aliphatic carboxylic acids is 1. The molecule has 0 spiro atoms. The molecule has 0 bridgehead atoms. The molecule has 1 aliphatic rings. The highest BCUT2D eigenvalue weighted by Crippen LogP contribution is 2.23. The van der Waals surface area contributed by atoms with Gasteiger partial charge in [-0.25, -0.2) is 14.8 Å². The van der Waals surface area contributed by atoms with Crippen LogP contribution in [0, 0.1) is 6.92 Å². The smallest absolute Gasteiger partial charge is 0.409 e. The molecule has 4 rings (SSSR count). The minimum absolute atomic E-state index is 0.0515. The minimum atomic E-state index is -1.09. The standard InChI is InChI=1S/C30H33N5O6/c1-3-41-30(40)35-16-14-34(15-17-35)29(39)23(12-13-26(36)37)33-28(38)25-19-24(22-11-7-8-20(2)18-22)31-27(32-25)21-9-5-4-6-10-21/h4-11,18-19,23H,3,12-17H2,1-2H3,(H,33,38)(H,36,37)/t23-/m0/s1. The van der Waals surface area contributed by atoms with Crippen molar-refractivity contribution < 1.29 is 29.0 Å². The highest BCUT2D eigenvalue weighted by Gasteiger charge is 2.31. The van der Waals surface area contributed by atoms with Crippen LogP contribution in [0.2, 0.25) is 0 Å². The van der Waals surface area contributed by atoms with Gasteiger partial charge in [0, 0.05) is 43.7 Å². The van der Waals surface area contributed by atoms with E-state index in [0.29, 0.717) is 17.1 Å². The molecule has 2 N–H and O–H groups in total. The zero-order valence-electron chi connectivity index (χ0n) is 23.1. The van der Waals surface area contributed by atoms with Crippen molar-refractivity contribution in [3.8, 4) is 22.6 Å². The van der Waals surface area contributed by atoms with Gasteiger partial charge in [0.2, 0.25) is 5.91 Å². The molecule has 3 amide bonds. The number of aromatic nitrogens is 2. The molecular weight excluding hydrogens is 526 g/mol. The van der Waals surface area contributed by atoms with Crippen LogP contribution in [0.25, 0.3) is 22.6 Å². The van der Waals surface area contributed by atoms with Crippen LogP contribution >= 0.6 is 0 Å². The lowest BCUT2D eigenvalue weighted by molar-refractivity contribution is -0.138. The Kier molecular flexibility index (Phi) is 9.62. The van der Waals surface area contributed by atoms with E-state index in [9.17, 15) is 24.3 Å². The normalized spacial score (nSPS) is 13.8. The number of ether oxygens (including phenoxy) is 1. The molecule has 1 atom stereocenters. The topological polar surface area (TPSA) is 142 Å². The van der Waals surface area contributed by atoms with E-state index in [1.54, 1.807) is 13.0 Å². The van der Waals surface area contributed by atoms with Gasteiger partial charge >= 0.3 is 12.1 Å². The summed E-state index contributed by atoms with van der Waals surface area (Å²) in [5.41, 5.74) is 3.13. The van der Waals surface area contributed by atoms with Crippen molar-refractivity contribution in [1.29, 1.82) is 0 Å². The Morgan fingerprint density at radius 1 is 0.927 bits per heavy atom. The third kappa shape index (κ3) is 7.65. The molecule has 3 aromatic rings. The van der Waals surface area contributed by atoms with Gasteiger partial charge in [-0.1, -0.05) is 54.1 Å². The number of piperazine rings is 1. The first kappa shape index (κ1) is 29.2. The zero-order chi connectivity index (χ0) is 29.4. The molecule has 214 valence electrons. The molecule has 11 heteroatoms. The Morgan fingerprint density at radius 2 is 1.61 bits per heavy atom. The Morgan fingerprint density at radius 3 is 2.27 bits per heavy atom. The van der Waals surface area contributed by atoms with Gasteiger partial charge in [-0.15, -0.1) is 0 Å². The summed E-state index contributed by atoms with van der Waals surface area (Å²) in [5, 5.41) is 12.0. The van der Waals surface area contributed by atoms with E-state index in [2.05, 4.69) is 10.3 Å². The van der Waals surface area contributed by atoms with E-state index >= 15 is 0 Å². The molecule has 41 heavy (non-hydrogen) atoms. The summed E-state index contributed by atoms with van der Waals surface area (Å²) in [6, 6.07) is 17.4. The molecular formula is C30H33N5O6. The number of nitrogens with one attached hydrogen (secondary N) is 1. The number of carbonyl (C=O) groups is 4. The van der Waals surface area contributed by atoms with E-state index < -0.39 is 29.9 Å². The van der Waals surface area contributed by atoms with Crippen LogP contribution in [0.15, 0.2) is 60.7 Å². The van der Waals surface area contributed by atoms with Crippen molar-refractivity contribution in [3.63, 3.8) is 0 Å². The molecule has 2 aromatic carbocycles. The van der Waals surface area contributed by atoms with E-state index in [-0.39, 0.29) is 51.3 Å². The predicted molar refractivity (Wildman–Crippen MR) is 151 cm³/mol. The molecule has 0 unspecified atom stereocenters. The monoisotopic (exact) mass is 559 g/mol. The van der Waals surface area contributed by atoms with Crippen LogP contribution in [-0.2, 0) is 14.3 Å². The summed E-state index contributed by atoms with van der Waals surface area (Å²) in [5.74, 6) is -1.77. The van der Waals surface area contributed by atoms with Gasteiger partial charge in [0.25, 0.3) is 5.91 Å². The van der Waals surface area contributed by atoms with Crippen LogP contribution in [0.4, 0.5) is 4.79 Å². The third-order valence-electron chi connectivity index (χ3n) is 6.67. The number of hydrogen-bond donors (Lipinski definition) is 2. The Labute approximate surface area is 238 Å². The molecule has 2 heterocycles. The van der Waals surface area contributed by atoms with Crippen LogP contribution in [0.1, 0.15) is 35.8 Å². The highest BCUT2D eigenvalue weighted by molar-refractivity contribution is 5.97. The van der Waals surface area contributed by atoms with Gasteiger partial charge < -0.3 is 25.0 Å². The molecule has 1 fully saturated rings. The van der Waals surface area contributed by atoms with Gasteiger partial charge in [0.15, 0.2) is 5.82 Å². The second kappa shape index (κ2) is 13.5. The van der Waals surface area contributed by atoms with Gasteiger partial charge in [-0.05, 0) is 32.4 Å². The Hall–Kier alpha value is -4.80. The molecule has 0 aliphatic carbocycles. The fourth-order valence-electron chi connectivity index (χ4n) is 4.53. The summed E-state index contributed by atoms with van der Waals surface area (Å²) in [4.78, 5) is 62.6. The van der Waals surface area contributed by atoms with E-state index in [4.69, 9.17) is 9.72 Å². The second-order valence-corrected chi connectivity index (χ2v) is 9.67. The number of carboxylic acids is 1. The lowest BCUT2D eigenvalue weighted by atomic mass is 10.1. The number of benzene rings is 2. The number of aryl methyl sites for hydroxylation is 1. The van der Waals surface area contributed by atoms with Crippen molar-refractivity contribution in [1.82, 2.24) is 25.1 Å². The highest BCUT2D eigenvalue weighted by atomic mass is 16.6. The van der Waals surface area contributed by atoms with Crippen LogP contribution in [0.5, 0.6) is 0 Å². The quantitative estimate of drug-likeness (QED) is 0.406. The average Bonchev–Trinajstić information content (AvgIpc) is 2.99. The largest absolute Gasteiger partial charge is 0.481 e. The lowest BCUT2D eigenvalue weighted by Crippen LogP contribution is -2.56. The summed E-state index contributed by atoms with van der Waals surface area (Å²) in [6.07, 6.45) is -0.857. The number of carboxylic acid groups (broad SMARTS) is 1. The first-order valence-corrected chi connectivity index (χ1v) is 13.5. The fraction of sp³-hybridized carbons (Fsp3) is 0.333. The summed E-state index contributed by atoms with van der Waals surface area (Å²) >= 11 is 0. The van der Waals surface area contributed by atoms with E-state index in [0.717, 1.165) is 11.1 Å². The van der Waals surface area contributed by atoms with Crippen molar-refractivity contribution in [2.24, 2.45) is 0 Å². The lowest BCUT2D eigenvalue weighted by Gasteiger charge is -2.35. The number of carbonyl (C=O) groups excluding carboxylic acids is 3. The molecule has 1 aromatic heterocycles. The van der Waals surface area contributed by atoms with Gasteiger partial charge in [-0.2, -0.15) is 0 Å². The Balaban J connectivity index is 1.59. The summed E-state index contributed by atoms with van der Waals surface area (Å²) in [7, 11) is 0. The maximum atomic E-state index is 13.5. The molecule has 0 saturated carbocycles. The predicted octanol–water partition coefficient (Wildman–Crippen LogP) is 3.38. The molecule has 1 aliphatic heterocycles. The average molecular weight is 560 g/mol. The van der Waals surface area contributed by atoms with Crippen molar-refractivity contribution in [2.75, 3.05) is 32.8 Å². The first-order valence-electron chi connectivity index (χ1n) is 13.5. The maximum absolute atomic E-state index is 13.5. The summed E-state index contributed by atoms with van der Waals surface area (Å²) < 4.78 is 5.03. The van der Waals surface area contributed by atoms with Crippen LogP contribution in [0.3, 0.4) is 0 Å². The van der Waals surface area contributed by atoms with Gasteiger partial charge in [-0.3, -0.25) is 14.4 Å². The molecule has 0 radical (unpaired) electrons. The minimum Gasteiger partial charge on any atom is -0.481 e. The van der Waals surface area contributed by atoms with Crippen molar-refractivity contribution >= 4 is 23.9 Å². The molecule has 11 nitrogen and oxygen atoms in total. The zero-order valence-corrected chi connectivity index (χ0v) is 23.1. The number of amides is 3. The first-order chi connectivity index (χ1) is 19.7. The van der Waals surface area contributed by atoms with E-state index in [1.165, 1.54) is 9.80 Å². The third-order valence-corrected chi connectivity index (χ3v) is 6.67. The van der Waals surface area contributed by atoms with Gasteiger partial charge in [0.05, 0.1) is 12.3 Å². The fourth-order valence-corrected chi connectivity index (χ4v) is 4.53. The van der Waals surface area contributed by atoms with Crippen LogP contribution < -0.4 is 5.32 Å². The second-order valence-electron chi connectivity index (χ2n) is 9.67.